The molecule has 0 radical (unpaired) electrons. The Morgan fingerprint density at radius 3 is 3.00 bits per heavy atom. The van der Waals surface area contributed by atoms with Crippen LogP contribution in [0.3, 0.4) is 0 Å². The SMILES string of the molecule is CN1CCCC1COc1ccc(C(=O)O)cn1. The highest BCUT2D eigenvalue weighted by molar-refractivity contribution is 5.87. The molecule has 0 spiro atoms. The summed E-state index contributed by atoms with van der Waals surface area (Å²) in [6.07, 6.45) is 3.66. The van der Waals surface area contributed by atoms with Crippen LogP contribution in [0, 0.1) is 0 Å². The van der Waals surface area contributed by atoms with Crippen molar-refractivity contribution in [2.75, 3.05) is 20.2 Å². The van der Waals surface area contributed by atoms with E-state index in [0.717, 1.165) is 13.0 Å². The number of hydrogen-bond acceptors (Lipinski definition) is 4. The van der Waals surface area contributed by atoms with E-state index in [2.05, 4.69) is 16.9 Å². The lowest BCUT2D eigenvalue weighted by atomic mass is 10.2. The number of likely N-dealkylation sites (N-methyl/N-ethyl adjacent to an activating group) is 1. The second kappa shape index (κ2) is 5.14. The minimum atomic E-state index is -0.973. The van der Waals surface area contributed by atoms with Gasteiger partial charge in [0.15, 0.2) is 0 Å². The number of nitrogens with zero attached hydrogens (tertiary/aromatic N) is 2. The average Bonchev–Trinajstić information content (AvgIpc) is 2.73. The van der Waals surface area contributed by atoms with Gasteiger partial charge < -0.3 is 14.7 Å². The van der Waals surface area contributed by atoms with E-state index in [9.17, 15) is 4.79 Å². The molecule has 1 fully saturated rings. The molecule has 1 saturated heterocycles. The summed E-state index contributed by atoms with van der Waals surface area (Å²) in [5, 5.41) is 8.73. The number of aromatic carboxylic acids is 1. The number of rotatable bonds is 4. The van der Waals surface area contributed by atoms with Crippen LogP contribution in [0.4, 0.5) is 0 Å². The molecular weight excluding hydrogens is 220 g/mol. The van der Waals surface area contributed by atoms with Crippen LogP contribution >= 0.6 is 0 Å². The van der Waals surface area contributed by atoms with Crippen LogP contribution in [0.15, 0.2) is 18.3 Å². The molecule has 2 rings (SSSR count). The molecule has 0 amide bonds. The predicted molar refractivity (Wildman–Crippen MR) is 62.3 cm³/mol. The second-order valence-electron chi connectivity index (χ2n) is 4.28. The van der Waals surface area contributed by atoms with E-state index >= 15 is 0 Å². The molecule has 2 heterocycles. The van der Waals surface area contributed by atoms with E-state index in [0.29, 0.717) is 18.5 Å². The summed E-state index contributed by atoms with van der Waals surface area (Å²) in [6, 6.07) is 3.54. The van der Waals surface area contributed by atoms with Crippen LogP contribution in [-0.4, -0.2) is 47.2 Å². The van der Waals surface area contributed by atoms with Crippen molar-refractivity contribution in [3.8, 4) is 5.88 Å². The van der Waals surface area contributed by atoms with Crippen molar-refractivity contribution in [1.82, 2.24) is 9.88 Å². The minimum absolute atomic E-state index is 0.176. The maximum atomic E-state index is 10.6. The highest BCUT2D eigenvalue weighted by Gasteiger charge is 2.21. The summed E-state index contributed by atoms with van der Waals surface area (Å²) >= 11 is 0. The van der Waals surface area contributed by atoms with Crippen LogP contribution in [0.2, 0.25) is 0 Å². The van der Waals surface area contributed by atoms with Gasteiger partial charge in [0.05, 0.1) is 5.56 Å². The van der Waals surface area contributed by atoms with Gasteiger partial charge in [-0.05, 0) is 32.5 Å². The summed E-state index contributed by atoms with van der Waals surface area (Å²) in [6.45, 7) is 1.72. The first-order chi connectivity index (χ1) is 8.16. The van der Waals surface area contributed by atoms with Crippen molar-refractivity contribution in [2.45, 2.75) is 18.9 Å². The van der Waals surface area contributed by atoms with E-state index in [1.54, 1.807) is 6.07 Å². The molecule has 5 heteroatoms. The Morgan fingerprint density at radius 1 is 1.65 bits per heavy atom. The number of aromatic nitrogens is 1. The Labute approximate surface area is 100 Å². The zero-order valence-electron chi connectivity index (χ0n) is 9.80. The van der Waals surface area contributed by atoms with E-state index < -0.39 is 5.97 Å². The molecule has 5 nitrogen and oxygen atoms in total. The number of likely N-dealkylation sites (tertiary alicyclic amines) is 1. The lowest BCUT2D eigenvalue weighted by Crippen LogP contribution is -2.30. The Balaban J connectivity index is 1.88. The molecule has 92 valence electrons. The van der Waals surface area contributed by atoms with Crippen LogP contribution < -0.4 is 4.74 Å². The van der Waals surface area contributed by atoms with Crippen molar-refractivity contribution < 1.29 is 14.6 Å². The van der Waals surface area contributed by atoms with Gasteiger partial charge in [0.2, 0.25) is 5.88 Å². The summed E-state index contributed by atoms with van der Waals surface area (Å²) < 4.78 is 5.55. The highest BCUT2D eigenvalue weighted by atomic mass is 16.5. The van der Waals surface area contributed by atoms with Crippen LogP contribution in [0.25, 0.3) is 0 Å². The maximum Gasteiger partial charge on any atom is 0.337 e. The van der Waals surface area contributed by atoms with Gasteiger partial charge in [-0.3, -0.25) is 0 Å². The first-order valence-electron chi connectivity index (χ1n) is 5.69. The fraction of sp³-hybridized carbons (Fsp3) is 0.500. The largest absolute Gasteiger partial charge is 0.478 e. The van der Waals surface area contributed by atoms with Crippen molar-refractivity contribution in [3.63, 3.8) is 0 Å². The third kappa shape index (κ3) is 2.94. The molecule has 1 N–H and O–H groups in total. The first-order valence-corrected chi connectivity index (χ1v) is 5.69. The zero-order valence-corrected chi connectivity index (χ0v) is 9.80. The average molecular weight is 236 g/mol. The molecule has 17 heavy (non-hydrogen) atoms. The van der Waals surface area contributed by atoms with Gasteiger partial charge in [0.1, 0.15) is 6.61 Å². The van der Waals surface area contributed by atoms with Gasteiger partial charge in [-0.1, -0.05) is 0 Å². The van der Waals surface area contributed by atoms with Crippen molar-refractivity contribution in [1.29, 1.82) is 0 Å². The quantitative estimate of drug-likeness (QED) is 0.852. The molecule has 1 atom stereocenters. The second-order valence-corrected chi connectivity index (χ2v) is 4.28. The molecule has 0 saturated carbocycles. The van der Waals surface area contributed by atoms with Crippen LogP contribution in [0.5, 0.6) is 5.88 Å². The third-order valence-corrected chi connectivity index (χ3v) is 3.08. The number of hydrogen-bond donors (Lipinski definition) is 1. The Bertz CT molecular complexity index is 391. The number of ether oxygens (including phenoxy) is 1. The van der Waals surface area contributed by atoms with Gasteiger partial charge in [-0.15, -0.1) is 0 Å². The third-order valence-electron chi connectivity index (χ3n) is 3.08. The van der Waals surface area contributed by atoms with Crippen LogP contribution in [-0.2, 0) is 0 Å². The van der Waals surface area contributed by atoms with E-state index in [1.807, 2.05) is 0 Å². The first kappa shape index (κ1) is 11.9. The summed E-state index contributed by atoms with van der Waals surface area (Å²) in [5.41, 5.74) is 0.176. The van der Waals surface area contributed by atoms with E-state index in [-0.39, 0.29) is 5.56 Å². The van der Waals surface area contributed by atoms with Crippen molar-refractivity contribution in [3.05, 3.63) is 23.9 Å². The fourth-order valence-corrected chi connectivity index (χ4v) is 1.96. The number of carboxylic acid groups (broad SMARTS) is 1. The Kier molecular flexibility index (Phi) is 3.58. The van der Waals surface area contributed by atoms with Crippen molar-refractivity contribution >= 4 is 5.97 Å². The molecule has 0 bridgehead atoms. The van der Waals surface area contributed by atoms with Gasteiger partial charge in [-0.2, -0.15) is 0 Å². The van der Waals surface area contributed by atoms with Gasteiger partial charge in [0.25, 0.3) is 0 Å². The van der Waals surface area contributed by atoms with E-state index in [1.165, 1.54) is 18.7 Å². The number of pyridine rings is 1. The normalized spacial score (nSPS) is 20.4. The zero-order chi connectivity index (χ0) is 12.3. The smallest absolute Gasteiger partial charge is 0.337 e. The minimum Gasteiger partial charge on any atom is -0.478 e. The van der Waals surface area contributed by atoms with Crippen molar-refractivity contribution in [2.24, 2.45) is 0 Å². The van der Waals surface area contributed by atoms with Gasteiger partial charge in [0, 0.05) is 18.3 Å². The van der Waals surface area contributed by atoms with Gasteiger partial charge >= 0.3 is 5.97 Å². The molecule has 1 aromatic rings. The topological polar surface area (TPSA) is 62.7 Å². The maximum absolute atomic E-state index is 10.6. The van der Waals surface area contributed by atoms with Crippen LogP contribution in [0.1, 0.15) is 23.2 Å². The number of carbonyl (C=O) groups is 1. The highest BCUT2D eigenvalue weighted by Crippen LogP contribution is 2.16. The monoisotopic (exact) mass is 236 g/mol. The lowest BCUT2D eigenvalue weighted by molar-refractivity contribution is 0.0696. The van der Waals surface area contributed by atoms with E-state index in [4.69, 9.17) is 9.84 Å². The molecule has 0 aliphatic carbocycles. The lowest BCUT2D eigenvalue weighted by Gasteiger charge is -2.19. The standard InChI is InChI=1S/C12H16N2O3/c1-14-6-2-3-10(14)8-17-11-5-4-9(7-13-11)12(15)16/h4-5,7,10H,2-3,6,8H2,1H3,(H,15,16). The molecule has 1 aliphatic heterocycles. The molecule has 1 aliphatic rings. The molecule has 1 aromatic heterocycles. The molecule has 1 unspecified atom stereocenters. The number of carboxylic acids is 1. The Morgan fingerprint density at radius 2 is 2.47 bits per heavy atom. The predicted octanol–water partition coefficient (Wildman–Crippen LogP) is 1.25. The van der Waals surface area contributed by atoms with Gasteiger partial charge in [-0.25, -0.2) is 9.78 Å². The summed E-state index contributed by atoms with van der Waals surface area (Å²) in [7, 11) is 2.09. The molecule has 0 aromatic carbocycles. The molecular formula is C12H16N2O3. The Hall–Kier alpha value is -1.62. The fourth-order valence-electron chi connectivity index (χ4n) is 1.96. The summed E-state index contributed by atoms with van der Waals surface area (Å²) in [5.74, 6) is -0.491. The summed E-state index contributed by atoms with van der Waals surface area (Å²) in [4.78, 5) is 16.9.